The van der Waals surface area contributed by atoms with Crippen molar-refractivity contribution in [3.63, 3.8) is 0 Å². The molecule has 1 heterocycles. The smallest absolute Gasteiger partial charge is 0.136 e. The minimum Gasteiger partial charge on any atom is -0.456 e. The predicted octanol–water partition coefficient (Wildman–Crippen LogP) is 14.4. The number of benzene rings is 10. The van der Waals surface area contributed by atoms with E-state index in [0.29, 0.717) is 0 Å². The average molecular weight is 677 g/mol. The highest BCUT2D eigenvalue weighted by molar-refractivity contribution is 6.28. The van der Waals surface area contributed by atoms with Gasteiger partial charge >= 0.3 is 0 Å². The van der Waals surface area contributed by atoms with Gasteiger partial charge in [0, 0.05) is 10.8 Å². The van der Waals surface area contributed by atoms with Crippen LogP contribution in [-0.4, -0.2) is 0 Å². The van der Waals surface area contributed by atoms with Gasteiger partial charge in [0.05, 0.1) is 41.1 Å². The summed E-state index contributed by atoms with van der Waals surface area (Å²) in [6, 6.07) is -28.9. The van der Waals surface area contributed by atoms with Crippen molar-refractivity contribution < 1.29 is 45.5 Å². The van der Waals surface area contributed by atoms with E-state index in [1.54, 1.807) is 0 Å². The molecule has 0 N–H and O–H groups in total. The van der Waals surface area contributed by atoms with Crippen LogP contribution in [0.4, 0.5) is 0 Å². The van der Waals surface area contributed by atoms with E-state index in [-0.39, 0.29) is 0 Å². The third kappa shape index (κ3) is 4.16. The Morgan fingerprint density at radius 2 is 0.745 bits per heavy atom. The molecule has 1 heteroatoms. The van der Waals surface area contributed by atoms with E-state index < -0.39 is 290 Å². The number of hydrogen-bond donors (Lipinski definition) is 0. The van der Waals surface area contributed by atoms with Crippen molar-refractivity contribution in [2.24, 2.45) is 0 Å². The zero-order valence-corrected chi connectivity index (χ0v) is 25.4. The lowest BCUT2D eigenvalue weighted by Crippen LogP contribution is -1.93. The lowest BCUT2D eigenvalue weighted by Gasteiger charge is -2.20. The second kappa shape index (κ2) is 10.9. The first-order chi connectivity index (χ1) is 37.8. The van der Waals surface area contributed by atoms with E-state index in [2.05, 4.69) is 0 Å². The average Bonchev–Trinajstić information content (AvgIpc) is 2.46. The van der Waals surface area contributed by atoms with Crippen LogP contribution < -0.4 is 0 Å². The summed E-state index contributed by atoms with van der Waals surface area (Å²) in [5, 5.41) is -8.31. The zero-order valence-electron chi connectivity index (χ0n) is 55.4. The Balaban J connectivity index is 1.48. The molecular formula is C50H30O. The van der Waals surface area contributed by atoms with Crippen molar-refractivity contribution in [2.45, 2.75) is 0 Å². The third-order valence-electron chi connectivity index (χ3n) is 8.64. The van der Waals surface area contributed by atoms with Crippen LogP contribution in [0.3, 0.4) is 0 Å². The van der Waals surface area contributed by atoms with Crippen molar-refractivity contribution >= 4 is 75.8 Å². The molecule has 0 amide bonds. The quantitative estimate of drug-likeness (QED) is 0.170. The Labute approximate surface area is 336 Å². The van der Waals surface area contributed by atoms with Gasteiger partial charge in [0.2, 0.25) is 0 Å². The first-order valence-corrected chi connectivity index (χ1v) is 15.2. The van der Waals surface area contributed by atoms with Crippen molar-refractivity contribution in [1.29, 1.82) is 0 Å². The first kappa shape index (κ1) is 11.7. The molecule has 0 bridgehead atoms. The third-order valence-corrected chi connectivity index (χ3v) is 8.64. The fraction of sp³-hybridized carbons (Fsp3) is 0. The topological polar surface area (TPSA) is 13.1 Å². The molecule has 0 unspecified atom stereocenters. The second-order valence-electron chi connectivity index (χ2n) is 11.3. The molecule has 0 spiro atoms. The summed E-state index contributed by atoms with van der Waals surface area (Å²) in [7, 11) is 0. The maximum Gasteiger partial charge on any atom is 0.136 e. The molecule has 51 heavy (non-hydrogen) atoms. The summed E-state index contributed by atoms with van der Waals surface area (Å²) in [4.78, 5) is 0. The summed E-state index contributed by atoms with van der Waals surface area (Å²) >= 11 is 0. The molecule has 236 valence electrons. The highest BCUT2D eigenvalue weighted by Gasteiger charge is 2.22. The fourth-order valence-corrected chi connectivity index (χ4v) is 6.54. The first-order valence-electron chi connectivity index (χ1n) is 30.2. The van der Waals surface area contributed by atoms with E-state index in [9.17, 15) is 16.4 Å². The Morgan fingerprint density at radius 3 is 1.43 bits per heavy atom. The van der Waals surface area contributed by atoms with Gasteiger partial charge in [0.25, 0.3) is 0 Å². The van der Waals surface area contributed by atoms with Gasteiger partial charge in [-0.05, 0) is 105 Å². The zero-order chi connectivity index (χ0) is 59.6. The van der Waals surface area contributed by atoms with Crippen LogP contribution in [0.25, 0.3) is 109 Å². The molecule has 0 aliphatic heterocycles. The normalized spacial score (nSPS) is 20.2. The van der Waals surface area contributed by atoms with Crippen molar-refractivity contribution in [3.8, 4) is 33.4 Å². The minimum atomic E-state index is -1.15. The van der Waals surface area contributed by atoms with Gasteiger partial charge in [-0.3, -0.25) is 0 Å². The van der Waals surface area contributed by atoms with Gasteiger partial charge in [0.15, 0.2) is 0 Å². The Hall–Kier alpha value is -6.70. The van der Waals surface area contributed by atoms with Crippen molar-refractivity contribution in [3.05, 3.63) is 181 Å². The molecular weight excluding hydrogens is 617 g/mol. The molecule has 0 radical (unpaired) electrons. The molecule has 0 aliphatic rings. The van der Waals surface area contributed by atoms with Gasteiger partial charge in [-0.25, -0.2) is 0 Å². The standard InChI is InChI=1S/C50H30O/c1-2-15-33-30-47-45(29-32(33)14-1)50-44(25-12-26-46(50)51-47)49-41-22-9-7-20-39(41)48(40-21-8-10-23-42(40)49)43-28-27-38(36-18-5-6-19-37(36)43)35-24-11-16-31-13-3-4-17-34(31)35/h1-30H/i1D,2D,3D,4D,5D,6D,7D,8D,9D,10D,11D,12D,13D,14D,15D,16D,17D,18D,19D,20D,21D,22D,23D,24D,25D,26D,27D,28D,29D,30D. The number of hydrogen-bond acceptors (Lipinski definition) is 1. The minimum absolute atomic E-state index is 0.507. The van der Waals surface area contributed by atoms with Crippen LogP contribution in [0.5, 0.6) is 0 Å². The predicted molar refractivity (Wildman–Crippen MR) is 218 cm³/mol. The molecule has 0 saturated carbocycles. The molecule has 0 aliphatic carbocycles. The molecule has 0 fully saturated rings. The molecule has 0 atom stereocenters. The van der Waals surface area contributed by atoms with Gasteiger partial charge in [0.1, 0.15) is 11.2 Å². The molecule has 11 aromatic rings. The number of fused-ring (bicyclic) bond motifs is 8. The van der Waals surface area contributed by atoms with Crippen LogP contribution in [0, 0.1) is 0 Å². The highest BCUT2D eigenvalue weighted by atomic mass is 16.3. The van der Waals surface area contributed by atoms with Crippen LogP contribution in [-0.2, 0) is 0 Å². The van der Waals surface area contributed by atoms with E-state index in [1.807, 2.05) is 0 Å². The number of furan rings is 1. The number of rotatable bonds is 3. The lowest BCUT2D eigenvalue weighted by atomic mass is 9.83. The maximum absolute atomic E-state index is 9.98. The molecule has 11 rings (SSSR count). The van der Waals surface area contributed by atoms with Gasteiger partial charge in [-0.15, -0.1) is 0 Å². The molecule has 0 saturated heterocycles. The summed E-state index contributed by atoms with van der Waals surface area (Å²) in [6.07, 6.45) is 0. The second-order valence-corrected chi connectivity index (χ2v) is 11.3. The highest BCUT2D eigenvalue weighted by Crippen LogP contribution is 2.49. The molecule has 1 nitrogen and oxygen atoms in total. The lowest BCUT2D eigenvalue weighted by molar-refractivity contribution is 0.669. The van der Waals surface area contributed by atoms with Crippen LogP contribution in [0.2, 0.25) is 0 Å². The largest absolute Gasteiger partial charge is 0.456 e. The van der Waals surface area contributed by atoms with E-state index >= 15 is 0 Å². The van der Waals surface area contributed by atoms with Crippen LogP contribution in [0.1, 0.15) is 41.1 Å². The summed E-state index contributed by atoms with van der Waals surface area (Å²) in [5.74, 6) is 0. The molecule has 1 aromatic heterocycles. The van der Waals surface area contributed by atoms with E-state index in [1.165, 1.54) is 0 Å². The van der Waals surface area contributed by atoms with E-state index in [0.717, 1.165) is 0 Å². The van der Waals surface area contributed by atoms with Crippen LogP contribution >= 0.6 is 0 Å². The van der Waals surface area contributed by atoms with Gasteiger partial charge < -0.3 is 4.42 Å². The Bertz CT molecular complexity index is 4840. The van der Waals surface area contributed by atoms with E-state index in [4.69, 9.17) is 29.1 Å². The Morgan fingerprint density at radius 1 is 0.294 bits per heavy atom. The van der Waals surface area contributed by atoms with Crippen molar-refractivity contribution in [1.82, 2.24) is 0 Å². The van der Waals surface area contributed by atoms with Crippen molar-refractivity contribution in [2.75, 3.05) is 0 Å². The Kier molecular flexibility index (Phi) is 2.50. The monoisotopic (exact) mass is 676 g/mol. The summed E-state index contributed by atoms with van der Waals surface area (Å²) < 4.78 is 280. The molecule has 10 aromatic carbocycles. The van der Waals surface area contributed by atoms with Gasteiger partial charge in [-0.2, -0.15) is 0 Å². The summed E-state index contributed by atoms with van der Waals surface area (Å²) in [5.41, 5.74) is -6.04. The SMILES string of the molecule is [2H]c1c([2H])c(-c2c3c([2H])c([2H])c([2H])c([2H])c3c(-c3c([2H])c([2H])c(-c4c([2H])c([2H])c([2H])c5c([2H])c([2H])c([2H])c([2H])c45)c4c([2H])c([2H])c([2H])c([2H])c34)c3c([2H])c([2H])c([2H])c([2H])c23)c2c(oc3c([2H])c4c([2H])c([2H])c([2H])c([2H])c4c([2H])c32)c1[2H]. The fourth-order valence-electron chi connectivity index (χ4n) is 6.54. The maximum atomic E-state index is 9.98. The summed E-state index contributed by atoms with van der Waals surface area (Å²) in [6.45, 7) is 0. The van der Waals surface area contributed by atoms with Gasteiger partial charge in [-0.1, -0.05) is 163 Å². The van der Waals surface area contributed by atoms with Crippen LogP contribution in [0.15, 0.2) is 186 Å².